The van der Waals surface area contributed by atoms with Gasteiger partial charge in [-0.15, -0.1) is 10.2 Å². The third-order valence-corrected chi connectivity index (χ3v) is 6.18. The van der Waals surface area contributed by atoms with Gasteiger partial charge in [0.25, 0.3) is 0 Å². The molecule has 1 saturated heterocycles. The number of carbonyl (C=O) groups is 1. The molecular formula is C22H22FN3OS. The summed E-state index contributed by atoms with van der Waals surface area (Å²) in [5.74, 6) is 0.0873. The molecule has 28 heavy (non-hydrogen) atoms. The number of halogens is 1. The van der Waals surface area contributed by atoms with E-state index < -0.39 is 0 Å². The average molecular weight is 396 g/mol. The molecule has 4 rings (SSSR count). The lowest BCUT2D eigenvalue weighted by atomic mass is 9.89. The van der Waals surface area contributed by atoms with Crippen LogP contribution in [0.2, 0.25) is 0 Å². The highest BCUT2D eigenvalue weighted by Crippen LogP contribution is 2.28. The second kappa shape index (κ2) is 8.19. The van der Waals surface area contributed by atoms with Gasteiger partial charge in [0.2, 0.25) is 5.13 Å². The van der Waals surface area contributed by atoms with E-state index in [1.807, 2.05) is 31.2 Å². The molecule has 3 aromatic rings. The summed E-state index contributed by atoms with van der Waals surface area (Å²) in [5.41, 5.74) is 2.99. The van der Waals surface area contributed by atoms with Gasteiger partial charge in [-0.3, -0.25) is 4.79 Å². The molecule has 0 bridgehead atoms. The van der Waals surface area contributed by atoms with E-state index in [-0.39, 0.29) is 17.5 Å². The zero-order valence-corrected chi connectivity index (χ0v) is 16.6. The van der Waals surface area contributed by atoms with Gasteiger partial charge in [0, 0.05) is 31.0 Å². The monoisotopic (exact) mass is 395 g/mol. The summed E-state index contributed by atoms with van der Waals surface area (Å²) in [7, 11) is 0. The highest BCUT2D eigenvalue weighted by Gasteiger charge is 2.27. The number of carbonyl (C=O) groups excluding carboxylic acids is 1. The number of Topliss-reactive ketones (excluding diaryl/α,β-unsaturated/α-hetero) is 1. The highest BCUT2D eigenvalue weighted by molar-refractivity contribution is 7.15. The number of hydrogen-bond donors (Lipinski definition) is 0. The summed E-state index contributed by atoms with van der Waals surface area (Å²) in [4.78, 5) is 14.9. The molecule has 6 heteroatoms. The Labute approximate surface area is 168 Å². The Hall–Kier alpha value is -2.60. The van der Waals surface area contributed by atoms with Crippen LogP contribution in [0.5, 0.6) is 0 Å². The van der Waals surface area contributed by atoms with Gasteiger partial charge in [0.1, 0.15) is 10.8 Å². The highest BCUT2D eigenvalue weighted by atomic mass is 32.1. The fourth-order valence-electron chi connectivity index (χ4n) is 3.51. The molecular weight excluding hydrogens is 373 g/mol. The van der Waals surface area contributed by atoms with Crippen molar-refractivity contribution in [1.82, 2.24) is 10.2 Å². The normalized spacial score (nSPS) is 15.0. The SMILES string of the molecule is Cc1ccc(C(=O)C2CCN(c3nnc(Cc4ccc(F)cc4)s3)CC2)cc1. The van der Waals surface area contributed by atoms with Gasteiger partial charge in [-0.2, -0.15) is 0 Å². The van der Waals surface area contributed by atoms with Crippen molar-refractivity contribution in [3.63, 3.8) is 0 Å². The summed E-state index contributed by atoms with van der Waals surface area (Å²) in [6.45, 7) is 3.65. The van der Waals surface area contributed by atoms with E-state index in [9.17, 15) is 9.18 Å². The van der Waals surface area contributed by atoms with Gasteiger partial charge in [-0.1, -0.05) is 53.3 Å². The Morgan fingerprint density at radius 2 is 1.75 bits per heavy atom. The Kier molecular flexibility index (Phi) is 5.48. The number of aryl methyl sites for hydroxylation is 1. The van der Waals surface area contributed by atoms with Crippen LogP contribution < -0.4 is 4.90 Å². The quantitative estimate of drug-likeness (QED) is 0.589. The number of nitrogens with zero attached hydrogens (tertiary/aromatic N) is 3. The summed E-state index contributed by atoms with van der Waals surface area (Å²) >= 11 is 1.57. The summed E-state index contributed by atoms with van der Waals surface area (Å²) < 4.78 is 13.0. The minimum Gasteiger partial charge on any atom is -0.347 e. The summed E-state index contributed by atoms with van der Waals surface area (Å²) in [6, 6.07) is 14.3. The van der Waals surface area contributed by atoms with Crippen molar-refractivity contribution >= 4 is 22.3 Å². The van der Waals surface area contributed by atoms with Crippen molar-refractivity contribution in [3.8, 4) is 0 Å². The molecule has 4 nitrogen and oxygen atoms in total. The zero-order valence-electron chi connectivity index (χ0n) is 15.8. The second-order valence-corrected chi connectivity index (χ2v) is 8.31. The van der Waals surface area contributed by atoms with Crippen LogP contribution in [0.25, 0.3) is 0 Å². The lowest BCUT2D eigenvalue weighted by Crippen LogP contribution is -2.36. The summed E-state index contributed by atoms with van der Waals surface area (Å²) in [6.07, 6.45) is 2.32. The van der Waals surface area contributed by atoms with Crippen LogP contribution in [0.15, 0.2) is 48.5 Å². The van der Waals surface area contributed by atoms with E-state index >= 15 is 0 Å². The Bertz CT molecular complexity index is 945. The summed E-state index contributed by atoms with van der Waals surface area (Å²) in [5, 5.41) is 10.4. The van der Waals surface area contributed by atoms with Crippen molar-refractivity contribution in [2.75, 3.05) is 18.0 Å². The molecule has 2 aromatic carbocycles. The number of anilines is 1. The zero-order chi connectivity index (χ0) is 19.5. The Morgan fingerprint density at radius 3 is 2.43 bits per heavy atom. The van der Waals surface area contributed by atoms with Crippen LogP contribution in [0, 0.1) is 18.7 Å². The number of piperidine rings is 1. The molecule has 1 aliphatic rings. The molecule has 0 spiro atoms. The van der Waals surface area contributed by atoms with Crippen molar-refractivity contribution in [2.24, 2.45) is 5.92 Å². The molecule has 0 saturated carbocycles. The molecule has 0 atom stereocenters. The van der Waals surface area contributed by atoms with E-state index in [1.165, 1.54) is 17.7 Å². The molecule has 144 valence electrons. The maximum Gasteiger partial charge on any atom is 0.208 e. The lowest BCUT2D eigenvalue weighted by molar-refractivity contribution is 0.0900. The van der Waals surface area contributed by atoms with Crippen LogP contribution in [-0.2, 0) is 6.42 Å². The average Bonchev–Trinajstić information content (AvgIpc) is 3.18. The van der Waals surface area contributed by atoms with Gasteiger partial charge in [0.05, 0.1) is 0 Å². The third-order valence-electron chi connectivity index (χ3n) is 5.20. The van der Waals surface area contributed by atoms with E-state index in [1.54, 1.807) is 23.5 Å². The fraction of sp³-hybridized carbons (Fsp3) is 0.318. The van der Waals surface area contributed by atoms with E-state index in [0.717, 1.165) is 47.2 Å². The molecule has 1 aromatic heterocycles. The number of ketones is 1. The van der Waals surface area contributed by atoms with Crippen LogP contribution in [0.4, 0.5) is 9.52 Å². The fourth-order valence-corrected chi connectivity index (χ4v) is 4.43. The molecule has 1 fully saturated rings. The largest absolute Gasteiger partial charge is 0.347 e. The van der Waals surface area contributed by atoms with Gasteiger partial charge in [0.15, 0.2) is 5.78 Å². The predicted octanol–water partition coefficient (Wildman–Crippen LogP) is 4.68. The molecule has 0 N–H and O–H groups in total. The smallest absolute Gasteiger partial charge is 0.208 e. The van der Waals surface area contributed by atoms with Crippen molar-refractivity contribution in [3.05, 3.63) is 76.0 Å². The van der Waals surface area contributed by atoms with Crippen LogP contribution in [0.1, 0.15) is 39.3 Å². The van der Waals surface area contributed by atoms with Gasteiger partial charge in [-0.25, -0.2) is 4.39 Å². The molecule has 0 aliphatic carbocycles. The first-order valence-electron chi connectivity index (χ1n) is 9.51. The Balaban J connectivity index is 1.35. The number of rotatable bonds is 5. The number of aromatic nitrogens is 2. The maximum absolute atomic E-state index is 13.0. The topological polar surface area (TPSA) is 46.1 Å². The van der Waals surface area contributed by atoms with E-state index in [0.29, 0.717) is 6.42 Å². The van der Waals surface area contributed by atoms with Crippen LogP contribution >= 0.6 is 11.3 Å². The molecule has 1 aliphatic heterocycles. The number of benzene rings is 2. The van der Waals surface area contributed by atoms with Crippen LogP contribution in [-0.4, -0.2) is 29.1 Å². The predicted molar refractivity (Wildman–Crippen MR) is 110 cm³/mol. The first kappa shape index (κ1) is 18.7. The van der Waals surface area contributed by atoms with Crippen molar-refractivity contribution in [1.29, 1.82) is 0 Å². The third kappa shape index (κ3) is 4.28. The minimum atomic E-state index is -0.232. The molecule has 0 radical (unpaired) electrons. The maximum atomic E-state index is 13.0. The first-order chi connectivity index (χ1) is 13.6. The molecule has 2 heterocycles. The van der Waals surface area contributed by atoms with Crippen LogP contribution in [0.3, 0.4) is 0 Å². The Morgan fingerprint density at radius 1 is 1.07 bits per heavy atom. The first-order valence-corrected chi connectivity index (χ1v) is 10.3. The van der Waals surface area contributed by atoms with Gasteiger partial charge in [-0.05, 0) is 37.5 Å². The van der Waals surface area contributed by atoms with E-state index in [2.05, 4.69) is 15.1 Å². The standard InChI is InChI=1S/C22H22FN3OS/c1-15-2-6-17(7-3-15)21(27)18-10-12-26(13-11-18)22-25-24-20(28-22)14-16-4-8-19(23)9-5-16/h2-9,18H,10-14H2,1H3. The van der Waals surface area contributed by atoms with Crippen molar-refractivity contribution < 1.29 is 9.18 Å². The van der Waals surface area contributed by atoms with Gasteiger partial charge < -0.3 is 4.90 Å². The number of hydrogen-bond acceptors (Lipinski definition) is 5. The van der Waals surface area contributed by atoms with Gasteiger partial charge >= 0.3 is 0 Å². The molecule has 0 amide bonds. The second-order valence-electron chi connectivity index (χ2n) is 7.27. The minimum absolute atomic E-state index is 0.0746. The molecule has 0 unspecified atom stereocenters. The van der Waals surface area contributed by atoms with E-state index in [4.69, 9.17) is 0 Å². The lowest BCUT2D eigenvalue weighted by Gasteiger charge is -2.30. The van der Waals surface area contributed by atoms with Crippen molar-refractivity contribution in [2.45, 2.75) is 26.2 Å².